The minimum absolute atomic E-state index is 0.659. The zero-order valence-electron chi connectivity index (χ0n) is 11.4. The standard InChI is InChI=1S/C15H18N2O2/c1-10-6-12(4-5-15(10)19-3)17-13-7-11(16)8-14(9-13)18-2/h4-9,17H,16H2,1-3H3. The number of nitrogens with two attached hydrogens (primary N) is 1. The van der Waals surface area contributed by atoms with Gasteiger partial charge in [0.2, 0.25) is 0 Å². The molecular formula is C15H18N2O2. The Morgan fingerprint density at radius 3 is 2.37 bits per heavy atom. The smallest absolute Gasteiger partial charge is 0.122 e. The molecule has 4 heteroatoms. The predicted octanol–water partition coefficient (Wildman–Crippen LogP) is 3.34. The third-order valence-corrected chi connectivity index (χ3v) is 2.85. The number of ether oxygens (including phenoxy) is 2. The molecule has 0 saturated carbocycles. The Morgan fingerprint density at radius 1 is 0.947 bits per heavy atom. The van der Waals surface area contributed by atoms with E-state index in [-0.39, 0.29) is 0 Å². The van der Waals surface area contributed by atoms with Gasteiger partial charge in [-0.25, -0.2) is 0 Å². The van der Waals surface area contributed by atoms with Crippen molar-refractivity contribution in [2.75, 3.05) is 25.3 Å². The van der Waals surface area contributed by atoms with Crippen LogP contribution in [0.25, 0.3) is 0 Å². The maximum Gasteiger partial charge on any atom is 0.122 e. The predicted molar refractivity (Wildman–Crippen MR) is 78.4 cm³/mol. The highest BCUT2D eigenvalue weighted by Crippen LogP contribution is 2.27. The van der Waals surface area contributed by atoms with E-state index < -0.39 is 0 Å². The monoisotopic (exact) mass is 258 g/mol. The minimum Gasteiger partial charge on any atom is -0.497 e. The van der Waals surface area contributed by atoms with Crippen molar-refractivity contribution in [3.8, 4) is 11.5 Å². The molecule has 0 fully saturated rings. The van der Waals surface area contributed by atoms with E-state index in [1.807, 2.05) is 37.3 Å². The SMILES string of the molecule is COc1cc(N)cc(Nc2ccc(OC)c(C)c2)c1. The first-order valence-electron chi connectivity index (χ1n) is 5.98. The van der Waals surface area contributed by atoms with Gasteiger partial charge in [0.25, 0.3) is 0 Å². The van der Waals surface area contributed by atoms with Crippen LogP contribution in [0.5, 0.6) is 11.5 Å². The van der Waals surface area contributed by atoms with Gasteiger partial charge in [-0.15, -0.1) is 0 Å². The molecule has 19 heavy (non-hydrogen) atoms. The molecule has 0 unspecified atom stereocenters. The molecule has 0 aliphatic carbocycles. The fraction of sp³-hybridized carbons (Fsp3) is 0.200. The molecule has 0 atom stereocenters. The van der Waals surface area contributed by atoms with Gasteiger partial charge in [0.1, 0.15) is 11.5 Å². The van der Waals surface area contributed by atoms with Gasteiger partial charge in [0.05, 0.1) is 14.2 Å². The molecule has 0 amide bonds. The second-order valence-corrected chi connectivity index (χ2v) is 4.30. The van der Waals surface area contributed by atoms with E-state index >= 15 is 0 Å². The molecular weight excluding hydrogens is 240 g/mol. The van der Waals surface area contributed by atoms with E-state index in [1.165, 1.54) is 0 Å². The lowest BCUT2D eigenvalue weighted by molar-refractivity contribution is 0.412. The number of rotatable bonds is 4. The van der Waals surface area contributed by atoms with Crippen molar-refractivity contribution in [3.63, 3.8) is 0 Å². The Morgan fingerprint density at radius 2 is 1.74 bits per heavy atom. The first-order valence-corrected chi connectivity index (χ1v) is 5.98. The lowest BCUT2D eigenvalue weighted by atomic mass is 10.2. The van der Waals surface area contributed by atoms with Crippen molar-refractivity contribution in [1.82, 2.24) is 0 Å². The normalized spacial score (nSPS) is 10.1. The van der Waals surface area contributed by atoms with Crippen LogP contribution in [0.4, 0.5) is 17.1 Å². The summed E-state index contributed by atoms with van der Waals surface area (Å²) in [5.74, 6) is 1.60. The largest absolute Gasteiger partial charge is 0.497 e. The van der Waals surface area contributed by atoms with Crippen LogP contribution < -0.4 is 20.5 Å². The fourth-order valence-electron chi connectivity index (χ4n) is 1.93. The van der Waals surface area contributed by atoms with Gasteiger partial charge in [-0.3, -0.25) is 0 Å². The number of nitrogens with one attached hydrogen (secondary N) is 1. The Kier molecular flexibility index (Phi) is 3.80. The number of benzene rings is 2. The molecule has 2 aromatic rings. The topological polar surface area (TPSA) is 56.5 Å². The summed E-state index contributed by atoms with van der Waals surface area (Å²) < 4.78 is 10.4. The van der Waals surface area contributed by atoms with Gasteiger partial charge in [-0.1, -0.05) is 0 Å². The summed E-state index contributed by atoms with van der Waals surface area (Å²) in [5, 5.41) is 3.30. The summed E-state index contributed by atoms with van der Waals surface area (Å²) in [7, 11) is 3.29. The first kappa shape index (κ1) is 13.1. The summed E-state index contributed by atoms with van der Waals surface area (Å²) in [4.78, 5) is 0. The zero-order chi connectivity index (χ0) is 13.8. The van der Waals surface area contributed by atoms with Gasteiger partial charge in [0, 0.05) is 29.2 Å². The highest BCUT2D eigenvalue weighted by Gasteiger charge is 2.02. The average Bonchev–Trinajstić information content (AvgIpc) is 2.38. The van der Waals surface area contributed by atoms with Crippen LogP contribution in [0.2, 0.25) is 0 Å². The summed E-state index contributed by atoms with van der Waals surface area (Å²) >= 11 is 0. The van der Waals surface area contributed by atoms with Gasteiger partial charge in [-0.2, -0.15) is 0 Å². The Balaban J connectivity index is 2.25. The van der Waals surface area contributed by atoms with Gasteiger partial charge in [0.15, 0.2) is 0 Å². The van der Waals surface area contributed by atoms with Crippen molar-refractivity contribution >= 4 is 17.1 Å². The van der Waals surface area contributed by atoms with Crippen LogP contribution in [0, 0.1) is 6.92 Å². The van der Waals surface area contributed by atoms with E-state index in [0.29, 0.717) is 5.69 Å². The number of anilines is 3. The Labute approximate surface area is 113 Å². The van der Waals surface area contributed by atoms with Crippen LogP contribution >= 0.6 is 0 Å². The molecule has 0 aliphatic heterocycles. The average molecular weight is 258 g/mol. The molecule has 100 valence electrons. The molecule has 0 bridgehead atoms. The molecule has 2 aromatic carbocycles. The molecule has 0 aromatic heterocycles. The van der Waals surface area contributed by atoms with E-state index in [2.05, 4.69) is 5.32 Å². The lowest BCUT2D eigenvalue weighted by Gasteiger charge is -2.11. The summed E-state index contributed by atoms with van der Waals surface area (Å²) in [6.45, 7) is 2.00. The second kappa shape index (κ2) is 5.52. The van der Waals surface area contributed by atoms with Crippen molar-refractivity contribution in [3.05, 3.63) is 42.0 Å². The van der Waals surface area contributed by atoms with Crippen LogP contribution in [0.15, 0.2) is 36.4 Å². The highest BCUT2D eigenvalue weighted by molar-refractivity contribution is 5.67. The highest BCUT2D eigenvalue weighted by atomic mass is 16.5. The second-order valence-electron chi connectivity index (χ2n) is 4.30. The molecule has 2 rings (SSSR count). The number of hydrogen-bond acceptors (Lipinski definition) is 4. The fourth-order valence-corrected chi connectivity index (χ4v) is 1.93. The summed E-state index contributed by atoms with van der Waals surface area (Å²) in [6.07, 6.45) is 0. The zero-order valence-corrected chi connectivity index (χ0v) is 11.4. The van der Waals surface area contributed by atoms with Crippen LogP contribution in [0.3, 0.4) is 0 Å². The van der Waals surface area contributed by atoms with Crippen LogP contribution in [0.1, 0.15) is 5.56 Å². The van der Waals surface area contributed by atoms with Crippen molar-refractivity contribution in [1.29, 1.82) is 0 Å². The number of nitrogen functional groups attached to an aromatic ring is 1. The molecule has 4 nitrogen and oxygen atoms in total. The third-order valence-electron chi connectivity index (χ3n) is 2.85. The van der Waals surface area contributed by atoms with Crippen LogP contribution in [-0.2, 0) is 0 Å². The van der Waals surface area contributed by atoms with Gasteiger partial charge >= 0.3 is 0 Å². The van der Waals surface area contributed by atoms with Gasteiger partial charge < -0.3 is 20.5 Å². The molecule has 0 radical (unpaired) electrons. The number of hydrogen-bond donors (Lipinski definition) is 2. The lowest BCUT2D eigenvalue weighted by Crippen LogP contribution is -1.95. The number of aryl methyl sites for hydroxylation is 1. The van der Waals surface area contributed by atoms with E-state index in [0.717, 1.165) is 28.4 Å². The quantitative estimate of drug-likeness (QED) is 0.826. The van der Waals surface area contributed by atoms with E-state index in [9.17, 15) is 0 Å². The van der Waals surface area contributed by atoms with Crippen molar-refractivity contribution < 1.29 is 9.47 Å². The minimum atomic E-state index is 0.659. The molecule has 0 spiro atoms. The summed E-state index contributed by atoms with van der Waals surface area (Å²) in [5.41, 5.74) is 9.42. The van der Waals surface area contributed by atoms with Crippen molar-refractivity contribution in [2.24, 2.45) is 0 Å². The Bertz CT molecular complexity index is 582. The van der Waals surface area contributed by atoms with E-state index in [4.69, 9.17) is 15.2 Å². The van der Waals surface area contributed by atoms with Crippen molar-refractivity contribution in [2.45, 2.75) is 6.92 Å². The van der Waals surface area contributed by atoms with E-state index in [1.54, 1.807) is 20.3 Å². The first-order chi connectivity index (χ1) is 9.12. The Hall–Kier alpha value is -2.36. The number of methoxy groups -OCH3 is 2. The molecule has 0 aliphatic rings. The maximum atomic E-state index is 5.82. The molecule has 3 N–H and O–H groups in total. The molecule has 0 saturated heterocycles. The van der Waals surface area contributed by atoms with Gasteiger partial charge in [-0.05, 0) is 36.8 Å². The molecule has 0 heterocycles. The third kappa shape index (κ3) is 3.10. The summed E-state index contributed by atoms with van der Waals surface area (Å²) in [6, 6.07) is 11.5. The maximum absolute atomic E-state index is 5.82. The van der Waals surface area contributed by atoms with Crippen LogP contribution in [-0.4, -0.2) is 14.2 Å².